The fourth-order valence-electron chi connectivity index (χ4n) is 5.85. The maximum Gasteiger partial charge on any atom is 0.406 e. The van der Waals surface area contributed by atoms with Gasteiger partial charge in [0.05, 0.1) is 42.1 Å². The summed E-state index contributed by atoms with van der Waals surface area (Å²) in [6, 6.07) is 12.4. The van der Waals surface area contributed by atoms with E-state index in [0.717, 1.165) is 49.6 Å². The first kappa shape index (κ1) is 33.5. The highest BCUT2D eigenvalue weighted by Crippen LogP contribution is 2.35. The topological polar surface area (TPSA) is 76.0 Å². The molecule has 2 aromatic carbocycles. The van der Waals surface area contributed by atoms with Crippen LogP contribution in [-0.4, -0.2) is 90.4 Å². The fourth-order valence-corrected chi connectivity index (χ4v) is 6.49. The van der Waals surface area contributed by atoms with Gasteiger partial charge in [-0.1, -0.05) is 12.0 Å². The van der Waals surface area contributed by atoms with Gasteiger partial charge in [-0.25, -0.2) is 8.42 Å². The molecule has 8 nitrogen and oxygen atoms in total. The largest absolute Gasteiger partial charge is 0.495 e. The minimum Gasteiger partial charge on any atom is -0.495 e. The number of likely N-dealkylation sites (N-methyl/N-ethyl adjacent to an activating group) is 1. The van der Waals surface area contributed by atoms with E-state index in [0.29, 0.717) is 29.6 Å². The molecule has 1 aliphatic rings. The molecule has 0 aliphatic heterocycles. The third-order valence-corrected chi connectivity index (χ3v) is 9.42. The van der Waals surface area contributed by atoms with E-state index in [1.165, 1.54) is 23.8 Å². The van der Waals surface area contributed by atoms with Gasteiger partial charge in [0.15, 0.2) is 9.84 Å². The molecule has 1 aliphatic carbocycles. The third kappa shape index (κ3) is 8.20. The van der Waals surface area contributed by atoms with E-state index in [1.807, 2.05) is 13.1 Å². The van der Waals surface area contributed by atoms with Crippen molar-refractivity contribution in [3.63, 3.8) is 0 Å². The molecule has 44 heavy (non-hydrogen) atoms. The summed E-state index contributed by atoms with van der Waals surface area (Å²) in [5, 5.41) is 3.80. The number of aromatic nitrogens is 1. The first-order valence-corrected chi connectivity index (χ1v) is 16.4. The molecule has 3 aromatic rings. The van der Waals surface area contributed by atoms with Crippen LogP contribution in [0.4, 0.5) is 24.5 Å². The minimum atomic E-state index is -4.43. The Balaban J connectivity index is 1.56. The number of halogens is 3. The molecular formula is C32H41F3N4O4S. The highest BCUT2D eigenvalue weighted by Gasteiger charge is 2.31. The number of methoxy groups -OCH3 is 2. The fraction of sp³-hybridized carbons (Fsp3) is 0.500. The summed E-state index contributed by atoms with van der Waals surface area (Å²) in [7, 11) is 3.87. The molecule has 12 heteroatoms. The van der Waals surface area contributed by atoms with Crippen LogP contribution >= 0.6 is 0 Å². The van der Waals surface area contributed by atoms with Crippen molar-refractivity contribution in [3.8, 4) is 17.6 Å². The molecule has 1 aromatic heterocycles. The Bertz CT molecular complexity index is 1600. The molecule has 1 saturated carbocycles. The van der Waals surface area contributed by atoms with Gasteiger partial charge < -0.3 is 29.2 Å². The van der Waals surface area contributed by atoms with Crippen LogP contribution in [-0.2, 0) is 21.1 Å². The molecule has 0 radical (unpaired) electrons. The van der Waals surface area contributed by atoms with Gasteiger partial charge in [0.1, 0.15) is 12.3 Å². The predicted molar refractivity (Wildman–Crippen MR) is 168 cm³/mol. The summed E-state index contributed by atoms with van der Waals surface area (Å²) in [4.78, 5) is 4.67. The van der Waals surface area contributed by atoms with Crippen LogP contribution in [0.1, 0.15) is 31.4 Å². The predicted octanol–water partition coefficient (Wildman–Crippen LogP) is 5.40. The molecular weight excluding hydrogens is 593 g/mol. The van der Waals surface area contributed by atoms with Crippen LogP contribution in [0.25, 0.3) is 10.9 Å². The molecule has 0 amide bonds. The number of rotatable bonds is 11. The van der Waals surface area contributed by atoms with Crippen LogP contribution in [0.15, 0.2) is 47.4 Å². The summed E-state index contributed by atoms with van der Waals surface area (Å²) in [6.07, 6.45) is 0.761. The zero-order chi connectivity index (χ0) is 32.1. The number of alkyl halides is 3. The summed E-state index contributed by atoms with van der Waals surface area (Å²) in [6.45, 7) is 0.537. The van der Waals surface area contributed by atoms with E-state index in [-0.39, 0.29) is 23.2 Å². The minimum absolute atomic E-state index is 0.108. The smallest absolute Gasteiger partial charge is 0.406 e. The van der Waals surface area contributed by atoms with E-state index < -0.39 is 22.6 Å². The van der Waals surface area contributed by atoms with Crippen molar-refractivity contribution in [2.75, 3.05) is 64.5 Å². The van der Waals surface area contributed by atoms with Crippen LogP contribution in [0.5, 0.6) is 5.75 Å². The Hall–Kier alpha value is -3.40. The van der Waals surface area contributed by atoms with Gasteiger partial charge in [-0.05, 0) is 69.0 Å². The quantitative estimate of drug-likeness (QED) is 0.283. The van der Waals surface area contributed by atoms with Crippen molar-refractivity contribution in [2.24, 2.45) is 0 Å². The second-order valence-electron chi connectivity index (χ2n) is 11.3. The number of ether oxygens (including phenoxy) is 2. The highest BCUT2D eigenvalue weighted by molar-refractivity contribution is 7.90. The number of hydrogen-bond donors (Lipinski definition) is 1. The monoisotopic (exact) mass is 634 g/mol. The van der Waals surface area contributed by atoms with Crippen molar-refractivity contribution in [3.05, 3.63) is 48.2 Å². The number of sulfone groups is 1. The summed E-state index contributed by atoms with van der Waals surface area (Å²) < 4.78 is 76.6. The van der Waals surface area contributed by atoms with E-state index >= 15 is 0 Å². The lowest BCUT2D eigenvalue weighted by Gasteiger charge is -2.39. The lowest BCUT2D eigenvalue weighted by atomic mass is 9.89. The maximum absolute atomic E-state index is 13.7. The van der Waals surface area contributed by atoms with Crippen molar-refractivity contribution in [2.45, 2.75) is 55.4 Å². The van der Waals surface area contributed by atoms with Gasteiger partial charge in [0, 0.05) is 56.2 Å². The van der Waals surface area contributed by atoms with Gasteiger partial charge in [0.25, 0.3) is 0 Å². The number of benzene rings is 2. The molecule has 0 unspecified atom stereocenters. The van der Waals surface area contributed by atoms with Crippen molar-refractivity contribution in [1.82, 2.24) is 9.47 Å². The number of fused-ring (bicyclic) bond motifs is 1. The number of nitrogens with zero attached hydrogens (tertiary/aromatic N) is 3. The van der Waals surface area contributed by atoms with Crippen LogP contribution in [0.3, 0.4) is 0 Å². The Morgan fingerprint density at radius 3 is 2.39 bits per heavy atom. The van der Waals surface area contributed by atoms with Gasteiger partial charge in [-0.2, -0.15) is 13.2 Å². The number of anilines is 2. The van der Waals surface area contributed by atoms with Crippen molar-refractivity contribution in [1.29, 1.82) is 0 Å². The highest BCUT2D eigenvalue weighted by atomic mass is 32.2. The number of nitrogens with one attached hydrogen (secondary N) is 1. The van der Waals surface area contributed by atoms with E-state index in [2.05, 4.69) is 34.0 Å². The number of hydrogen-bond acceptors (Lipinski definition) is 7. The van der Waals surface area contributed by atoms with Gasteiger partial charge in [-0.15, -0.1) is 0 Å². The van der Waals surface area contributed by atoms with Gasteiger partial charge in [0.2, 0.25) is 0 Å². The molecule has 1 fully saturated rings. The molecule has 1 N–H and O–H groups in total. The molecule has 0 atom stereocenters. The zero-order valence-electron chi connectivity index (χ0n) is 25.9. The SMILES string of the molecule is COCCN(C)[C@H]1CC[C@@H](N(C)c2cccc3c2cc(C#CCNc2ccc(S(C)(=O)=O)cc2OC)n3CC(F)(F)F)CC1. The second-order valence-corrected chi connectivity index (χ2v) is 13.3. The Kier molecular flexibility index (Phi) is 10.8. The zero-order valence-corrected chi connectivity index (χ0v) is 26.7. The summed E-state index contributed by atoms with van der Waals surface area (Å²) in [5.41, 5.74) is 2.16. The average Bonchev–Trinajstić information content (AvgIpc) is 3.32. The maximum atomic E-state index is 13.7. The second kappa shape index (κ2) is 14.1. The standard InChI is InChI=1S/C32H41F3N4O4S/c1-37(18-19-42-3)23-11-13-24(14-12-23)38(2)29-9-6-10-30-27(29)20-25(39(30)22-32(33,34)35)8-7-17-36-28-16-15-26(44(5,40)41)21-31(28)43-4/h6,9-10,15-16,20-21,23-24,36H,11-14,17-19,22H2,1-5H3/t23-,24+. The summed E-state index contributed by atoms with van der Waals surface area (Å²) in [5.74, 6) is 6.18. The Morgan fingerprint density at radius 1 is 1.05 bits per heavy atom. The third-order valence-electron chi connectivity index (χ3n) is 8.31. The molecule has 0 saturated heterocycles. The molecule has 1 heterocycles. The lowest BCUT2D eigenvalue weighted by molar-refractivity contribution is -0.140. The van der Waals surface area contributed by atoms with Gasteiger partial charge in [-0.3, -0.25) is 0 Å². The van der Waals surface area contributed by atoms with Gasteiger partial charge >= 0.3 is 6.18 Å². The lowest BCUT2D eigenvalue weighted by Crippen LogP contribution is -2.42. The van der Waals surface area contributed by atoms with Crippen LogP contribution in [0, 0.1) is 11.8 Å². The van der Waals surface area contributed by atoms with Crippen molar-refractivity contribution < 1.29 is 31.1 Å². The van der Waals surface area contributed by atoms with Crippen LogP contribution in [0.2, 0.25) is 0 Å². The van der Waals surface area contributed by atoms with Crippen molar-refractivity contribution >= 4 is 32.1 Å². The van der Waals surface area contributed by atoms with E-state index in [1.54, 1.807) is 31.4 Å². The first-order chi connectivity index (χ1) is 20.8. The van der Waals surface area contributed by atoms with Crippen LogP contribution < -0.4 is 15.0 Å². The average molecular weight is 635 g/mol. The Labute approximate surface area is 258 Å². The Morgan fingerprint density at radius 2 is 1.75 bits per heavy atom. The summed E-state index contributed by atoms with van der Waals surface area (Å²) >= 11 is 0. The van der Waals surface area contributed by atoms with E-state index in [4.69, 9.17) is 9.47 Å². The molecule has 240 valence electrons. The first-order valence-electron chi connectivity index (χ1n) is 14.5. The molecule has 0 spiro atoms. The molecule has 4 rings (SSSR count). The normalized spacial score (nSPS) is 17.4. The molecule has 0 bridgehead atoms. The van der Waals surface area contributed by atoms with E-state index in [9.17, 15) is 21.6 Å².